The number of piperidine rings is 2. The Kier molecular flexibility index (Phi) is 10.6. The molecule has 1 atom stereocenters. The Balaban J connectivity index is 0.988. The van der Waals surface area contributed by atoms with Gasteiger partial charge in [-0.05, 0) is 81.2 Å². The smallest absolute Gasteiger partial charge is 0.220 e. The highest BCUT2D eigenvalue weighted by molar-refractivity contribution is 6.39. The number of aliphatic hydroxyl groups is 1. The van der Waals surface area contributed by atoms with Crippen LogP contribution in [0.25, 0.3) is 33.6 Å². The van der Waals surface area contributed by atoms with Crippen molar-refractivity contribution in [3.8, 4) is 45.4 Å². The molecule has 10 nitrogen and oxygen atoms in total. The van der Waals surface area contributed by atoms with E-state index in [4.69, 9.17) is 42.6 Å². The highest BCUT2D eigenvalue weighted by atomic mass is 35.5. The number of benzene rings is 2. The second-order valence-corrected chi connectivity index (χ2v) is 16.4. The lowest BCUT2D eigenvalue weighted by Gasteiger charge is -2.38. The lowest BCUT2D eigenvalue weighted by molar-refractivity contribution is -0.119. The first-order chi connectivity index (χ1) is 26.2. The Morgan fingerprint density at radius 1 is 0.722 bits per heavy atom. The van der Waals surface area contributed by atoms with E-state index in [-0.39, 0.29) is 23.0 Å². The summed E-state index contributed by atoms with van der Waals surface area (Å²) in [5, 5.41) is 17.4. The van der Waals surface area contributed by atoms with Crippen molar-refractivity contribution in [1.29, 1.82) is 0 Å². The molecular formula is C42H48Cl2N6O4. The van der Waals surface area contributed by atoms with Crippen molar-refractivity contribution in [2.75, 3.05) is 53.5 Å². The van der Waals surface area contributed by atoms with Crippen molar-refractivity contribution < 1.29 is 19.4 Å². The first kappa shape index (κ1) is 37.2. The number of ether oxygens (including phenoxy) is 2. The molecule has 4 aromatic rings. The van der Waals surface area contributed by atoms with E-state index in [0.717, 1.165) is 124 Å². The normalized spacial score (nSPS) is 21.1. The number of methoxy groups -OCH3 is 2. The van der Waals surface area contributed by atoms with Gasteiger partial charge in [-0.1, -0.05) is 71.7 Å². The van der Waals surface area contributed by atoms with E-state index < -0.39 is 0 Å². The third-order valence-electron chi connectivity index (χ3n) is 12.3. The number of nitrogens with one attached hydrogen (secondary N) is 2. The molecule has 4 fully saturated rings. The Hall–Kier alpha value is -3.77. The molecule has 0 aliphatic carbocycles. The quantitative estimate of drug-likeness (QED) is 0.169. The highest BCUT2D eigenvalue weighted by Gasteiger charge is 2.42. The minimum atomic E-state index is -0.383. The summed E-state index contributed by atoms with van der Waals surface area (Å²) in [5.74, 6) is 1.33. The molecule has 12 heteroatoms. The molecule has 4 aliphatic heterocycles. The van der Waals surface area contributed by atoms with Crippen LogP contribution >= 0.6 is 23.2 Å². The van der Waals surface area contributed by atoms with E-state index in [1.165, 1.54) is 0 Å². The molecule has 6 heterocycles. The zero-order valence-electron chi connectivity index (χ0n) is 31.0. The summed E-state index contributed by atoms with van der Waals surface area (Å²) >= 11 is 14.4. The number of aliphatic hydroxyl groups excluding tert-OH is 1. The summed E-state index contributed by atoms with van der Waals surface area (Å²) in [4.78, 5) is 26.6. The first-order valence-corrected chi connectivity index (χ1v) is 19.7. The summed E-state index contributed by atoms with van der Waals surface area (Å²) in [6, 6.07) is 20.0. The molecule has 2 aromatic carbocycles. The highest BCUT2D eigenvalue weighted by Crippen LogP contribution is 2.44. The van der Waals surface area contributed by atoms with Crippen LogP contribution in [-0.2, 0) is 17.9 Å². The number of nitrogens with zero attached hydrogens (tertiary/aromatic N) is 4. The van der Waals surface area contributed by atoms with Crippen molar-refractivity contribution in [1.82, 2.24) is 30.4 Å². The molecule has 8 rings (SSSR count). The second-order valence-electron chi connectivity index (χ2n) is 15.7. The van der Waals surface area contributed by atoms with E-state index in [2.05, 4.69) is 32.6 Å². The summed E-state index contributed by atoms with van der Waals surface area (Å²) in [6.45, 7) is 6.98. The maximum absolute atomic E-state index is 11.9. The number of likely N-dealkylation sites (tertiary alicyclic amines) is 2. The van der Waals surface area contributed by atoms with Gasteiger partial charge in [0.05, 0.1) is 35.7 Å². The molecule has 2 aromatic heterocycles. The van der Waals surface area contributed by atoms with Gasteiger partial charge in [0, 0.05) is 66.0 Å². The average molecular weight is 772 g/mol. The number of amides is 1. The van der Waals surface area contributed by atoms with E-state index >= 15 is 0 Å². The van der Waals surface area contributed by atoms with Crippen LogP contribution in [0.5, 0.6) is 11.8 Å². The number of rotatable bonds is 9. The molecule has 284 valence electrons. The SMILES string of the molecule is COc1nc(-c2cccc(-c3cccc(-c4ccc(CN5CCC6(CC5)CNC(O)C6)c(OC)n4)c3Cl)c2Cl)ccc1CN1CCC2(CC1)CNC(=O)C2. The van der Waals surface area contributed by atoms with Gasteiger partial charge in [0.2, 0.25) is 17.7 Å². The molecule has 4 saturated heterocycles. The van der Waals surface area contributed by atoms with Crippen LogP contribution in [0.2, 0.25) is 10.0 Å². The lowest BCUT2D eigenvalue weighted by Crippen LogP contribution is -2.40. The van der Waals surface area contributed by atoms with E-state index in [0.29, 0.717) is 33.9 Å². The van der Waals surface area contributed by atoms with Gasteiger partial charge in [-0.3, -0.25) is 19.9 Å². The Bertz CT molecular complexity index is 2030. The van der Waals surface area contributed by atoms with Gasteiger partial charge in [0.1, 0.15) is 6.23 Å². The van der Waals surface area contributed by atoms with Crippen LogP contribution in [0.4, 0.5) is 0 Å². The molecule has 0 radical (unpaired) electrons. The molecule has 2 spiro atoms. The van der Waals surface area contributed by atoms with Gasteiger partial charge >= 0.3 is 0 Å². The average Bonchev–Trinajstić information content (AvgIpc) is 3.74. The fraction of sp³-hybridized carbons (Fsp3) is 0.452. The largest absolute Gasteiger partial charge is 0.481 e. The molecule has 0 bridgehead atoms. The molecule has 1 unspecified atom stereocenters. The molecule has 0 saturated carbocycles. The standard InChI is InChI=1S/C42H48Cl2N6O4/c1-53-39-27(23-49-17-13-41(14-18-49)21-35(51)45-25-41)9-11-33(47-39)31-7-3-5-29(37(31)43)30-6-4-8-32(38(30)44)34-12-10-28(40(48-34)54-2)24-50-19-15-42(16-20-50)22-36(52)46-26-42/h3-12,35,45,51H,13-26H2,1-2H3,(H,46,52). The summed E-state index contributed by atoms with van der Waals surface area (Å²) < 4.78 is 11.6. The third-order valence-corrected chi connectivity index (χ3v) is 13.1. The van der Waals surface area contributed by atoms with Crippen molar-refractivity contribution in [2.24, 2.45) is 10.8 Å². The van der Waals surface area contributed by atoms with Gasteiger partial charge in [-0.2, -0.15) is 0 Å². The zero-order chi connectivity index (χ0) is 37.5. The fourth-order valence-corrected chi connectivity index (χ4v) is 9.59. The minimum Gasteiger partial charge on any atom is -0.481 e. The monoisotopic (exact) mass is 770 g/mol. The van der Waals surface area contributed by atoms with Gasteiger partial charge in [0.25, 0.3) is 0 Å². The van der Waals surface area contributed by atoms with Crippen LogP contribution in [-0.4, -0.2) is 90.5 Å². The molecule has 4 aliphatic rings. The predicted octanol–water partition coefficient (Wildman–Crippen LogP) is 6.80. The molecule has 3 N–H and O–H groups in total. The number of aromatic nitrogens is 2. The van der Waals surface area contributed by atoms with E-state index in [1.807, 2.05) is 48.5 Å². The Labute approximate surface area is 327 Å². The van der Waals surface area contributed by atoms with Crippen molar-refractivity contribution in [3.05, 3.63) is 81.8 Å². The summed E-state index contributed by atoms with van der Waals surface area (Å²) in [6.07, 6.45) is 5.23. The fourth-order valence-electron chi connectivity index (χ4n) is 8.94. The molecule has 54 heavy (non-hydrogen) atoms. The maximum atomic E-state index is 11.9. The second kappa shape index (κ2) is 15.4. The van der Waals surface area contributed by atoms with Crippen LogP contribution in [0.1, 0.15) is 49.7 Å². The molecular weight excluding hydrogens is 723 g/mol. The Morgan fingerprint density at radius 3 is 1.63 bits per heavy atom. The lowest BCUT2D eigenvalue weighted by atomic mass is 9.77. The number of hydrogen-bond donors (Lipinski definition) is 3. The number of carbonyl (C=O) groups is 1. The van der Waals surface area contributed by atoms with Gasteiger partial charge in [0.15, 0.2) is 0 Å². The van der Waals surface area contributed by atoms with Crippen molar-refractivity contribution >= 4 is 29.1 Å². The van der Waals surface area contributed by atoms with Crippen LogP contribution in [0.3, 0.4) is 0 Å². The minimum absolute atomic E-state index is 0.107. The van der Waals surface area contributed by atoms with Crippen molar-refractivity contribution in [3.63, 3.8) is 0 Å². The van der Waals surface area contributed by atoms with Crippen LogP contribution < -0.4 is 20.1 Å². The predicted molar refractivity (Wildman–Crippen MR) is 212 cm³/mol. The number of pyridine rings is 2. The van der Waals surface area contributed by atoms with Gasteiger partial charge in [-0.15, -0.1) is 0 Å². The zero-order valence-corrected chi connectivity index (χ0v) is 32.5. The van der Waals surface area contributed by atoms with E-state index in [9.17, 15) is 9.90 Å². The maximum Gasteiger partial charge on any atom is 0.220 e. The molecule has 1 amide bonds. The van der Waals surface area contributed by atoms with Crippen LogP contribution in [0, 0.1) is 10.8 Å². The Morgan fingerprint density at radius 2 is 1.20 bits per heavy atom. The van der Waals surface area contributed by atoms with Crippen LogP contribution in [0.15, 0.2) is 60.7 Å². The van der Waals surface area contributed by atoms with E-state index in [1.54, 1.807) is 14.2 Å². The summed E-state index contributed by atoms with van der Waals surface area (Å²) in [5.41, 5.74) is 6.96. The first-order valence-electron chi connectivity index (χ1n) is 19.0. The topological polar surface area (TPSA) is 112 Å². The third kappa shape index (κ3) is 7.44. The van der Waals surface area contributed by atoms with Gasteiger partial charge in [-0.25, -0.2) is 9.97 Å². The van der Waals surface area contributed by atoms with Crippen molar-refractivity contribution in [2.45, 2.75) is 57.8 Å². The number of carbonyl (C=O) groups excluding carboxylic acids is 1. The van der Waals surface area contributed by atoms with Gasteiger partial charge < -0.3 is 19.9 Å². The number of hydrogen-bond acceptors (Lipinski definition) is 9. The summed E-state index contributed by atoms with van der Waals surface area (Å²) in [7, 11) is 3.31. The number of halogens is 2.